The number of rotatable bonds is 7. The lowest BCUT2D eigenvalue weighted by atomic mass is 9.94. The van der Waals surface area contributed by atoms with Crippen LogP contribution >= 0.6 is 11.6 Å². The number of urea groups is 2. The minimum Gasteiger partial charge on any atom is -0.508 e. The minimum atomic E-state index is -1.05. The van der Waals surface area contributed by atoms with Gasteiger partial charge < -0.3 is 20.5 Å². The number of allylic oxidation sites excluding steroid dienone is 1. The van der Waals surface area contributed by atoms with Crippen molar-refractivity contribution in [3.8, 4) is 5.75 Å². The van der Waals surface area contributed by atoms with E-state index in [-0.39, 0.29) is 24.5 Å². The highest BCUT2D eigenvalue weighted by molar-refractivity contribution is 6.30. The van der Waals surface area contributed by atoms with E-state index in [0.29, 0.717) is 22.7 Å². The molecule has 37 heavy (non-hydrogen) atoms. The zero-order chi connectivity index (χ0) is 26.4. The number of halogens is 1. The van der Waals surface area contributed by atoms with E-state index >= 15 is 0 Å². The Morgan fingerprint density at radius 1 is 1.03 bits per heavy atom. The molecule has 8 nitrogen and oxygen atoms in total. The van der Waals surface area contributed by atoms with Gasteiger partial charge in [0.1, 0.15) is 18.4 Å². The number of carbonyl (C=O) groups excluding carboxylic acids is 3. The van der Waals surface area contributed by atoms with Crippen LogP contribution in [0.15, 0.2) is 90.1 Å². The summed E-state index contributed by atoms with van der Waals surface area (Å²) in [4.78, 5) is 40.6. The highest BCUT2D eigenvalue weighted by Crippen LogP contribution is 2.35. The first-order valence-corrected chi connectivity index (χ1v) is 12.0. The predicted molar refractivity (Wildman–Crippen MR) is 139 cm³/mol. The van der Waals surface area contributed by atoms with E-state index < -0.39 is 24.1 Å². The molecule has 3 aromatic carbocycles. The lowest BCUT2D eigenvalue weighted by Crippen LogP contribution is -2.54. The Hall–Kier alpha value is -4.30. The number of hydrogen-bond acceptors (Lipinski definition) is 5. The average molecular weight is 520 g/mol. The van der Waals surface area contributed by atoms with Crippen LogP contribution in [-0.2, 0) is 22.6 Å². The number of phenolic OH excluding ortho intramolecular Hbond substituents is 1. The third-order valence-electron chi connectivity index (χ3n) is 5.89. The van der Waals surface area contributed by atoms with Crippen molar-refractivity contribution in [2.45, 2.75) is 26.0 Å². The van der Waals surface area contributed by atoms with Crippen molar-refractivity contribution in [1.29, 1.82) is 0 Å². The Bertz CT molecular complexity index is 1330. The van der Waals surface area contributed by atoms with Crippen molar-refractivity contribution in [2.24, 2.45) is 0 Å². The summed E-state index contributed by atoms with van der Waals surface area (Å²) in [5, 5.41) is 15.2. The van der Waals surface area contributed by atoms with Gasteiger partial charge in [-0.05, 0) is 54.3 Å². The molecule has 4 amide bonds. The molecule has 0 fully saturated rings. The third-order valence-corrected chi connectivity index (χ3v) is 6.13. The minimum absolute atomic E-state index is 0.0332. The second-order valence-corrected chi connectivity index (χ2v) is 8.94. The lowest BCUT2D eigenvalue weighted by Gasteiger charge is -2.36. The van der Waals surface area contributed by atoms with Gasteiger partial charge in [-0.2, -0.15) is 0 Å². The fraction of sp³-hybridized carbons (Fsp3) is 0.179. The number of carbonyl (C=O) groups is 3. The fourth-order valence-electron chi connectivity index (χ4n) is 4.07. The maximum absolute atomic E-state index is 13.3. The van der Waals surface area contributed by atoms with Gasteiger partial charge in [0.15, 0.2) is 0 Å². The van der Waals surface area contributed by atoms with Crippen LogP contribution in [0.3, 0.4) is 0 Å². The molecule has 0 aliphatic carbocycles. The zero-order valence-corrected chi connectivity index (χ0v) is 20.9. The molecule has 1 unspecified atom stereocenters. The van der Waals surface area contributed by atoms with Gasteiger partial charge in [0.05, 0.1) is 5.57 Å². The summed E-state index contributed by atoms with van der Waals surface area (Å²) in [7, 11) is 0. The van der Waals surface area contributed by atoms with Gasteiger partial charge in [-0.1, -0.05) is 66.2 Å². The van der Waals surface area contributed by atoms with Gasteiger partial charge in [-0.25, -0.2) is 19.3 Å². The zero-order valence-electron chi connectivity index (χ0n) is 20.1. The third kappa shape index (κ3) is 6.29. The summed E-state index contributed by atoms with van der Waals surface area (Å²) < 4.78 is 5.57. The second-order valence-electron chi connectivity index (χ2n) is 8.51. The van der Waals surface area contributed by atoms with E-state index in [2.05, 4.69) is 10.6 Å². The monoisotopic (exact) mass is 519 g/mol. The first-order valence-electron chi connectivity index (χ1n) is 11.7. The number of hydrogen-bond donors (Lipinski definition) is 3. The first kappa shape index (κ1) is 25.8. The summed E-state index contributed by atoms with van der Waals surface area (Å²) in [6.07, 6.45) is 0.476. The van der Waals surface area contributed by atoms with Gasteiger partial charge in [0.2, 0.25) is 0 Å². The van der Waals surface area contributed by atoms with Crippen molar-refractivity contribution in [2.75, 3.05) is 6.54 Å². The first-order chi connectivity index (χ1) is 17.8. The van der Waals surface area contributed by atoms with E-state index in [1.165, 1.54) is 0 Å². The quantitative estimate of drug-likeness (QED) is 0.377. The van der Waals surface area contributed by atoms with E-state index in [4.69, 9.17) is 16.3 Å². The molecule has 190 valence electrons. The number of amides is 4. The lowest BCUT2D eigenvalue weighted by molar-refractivity contribution is -0.141. The van der Waals surface area contributed by atoms with Gasteiger partial charge in [0.25, 0.3) is 0 Å². The van der Waals surface area contributed by atoms with Crippen LogP contribution in [0.2, 0.25) is 5.02 Å². The average Bonchev–Trinajstić information content (AvgIpc) is 2.88. The van der Waals surface area contributed by atoms with Crippen molar-refractivity contribution in [3.05, 3.63) is 112 Å². The van der Waals surface area contributed by atoms with Crippen molar-refractivity contribution in [3.63, 3.8) is 0 Å². The number of nitrogens with zero attached hydrogens (tertiary/aromatic N) is 1. The molecule has 1 aliphatic rings. The van der Waals surface area contributed by atoms with Gasteiger partial charge >= 0.3 is 18.0 Å². The molecule has 0 saturated heterocycles. The van der Waals surface area contributed by atoms with E-state index in [1.54, 1.807) is 55.5 Å². The standard InChI is InChI=1S/C28H26ClN3O5/c1-18-24(26(34)37-17-20-6-3-2-4-7-20)25(21-8-5-9-22(29)16-21)32(28(36)31-18)27(35)30-15-14-19-10-12-23(33)13-11-19/h2-13,16,25,33H,14-15,17H2,1H3,(H,30,35)(H,31,36). The topological polar surface area (TPSA) is 108 Å². The Kier molecular flexibility index (Phi) is 8.10. The van der Waals surface area contributed by atoms with Crippen LogP contribution in [0.5, 0.6) is 5.75 Å². The molecule has 0 saturated carbocycles. The molecule has 1 aliphatic heterocycles. The summed E-state index contributed by atoms with van der Waals surface area (Å²) in [5.41, 5.74) is 2.61. The smallest absolute Gasteiger partial charge is 0.338 e. The predicted octanol–water partition coefficient (Wildman–Crippen LogP) is 5.08. The van der Waals surface area contributed by atoms with Crippen LogP contribution in [0.25, 0.3) is 0 Å². The number of nitrogens with one attached hydrogen (secondary N) is 2. The molecule has 1 heterocycles. The largest absolute Gasteiger partial charge is 0.508 e. The number of benzene rings is 3. The molecule has 0 aromatic heterocycles. The van der Waals surface area contributed by atoms with E-state index in [0.717, 1.165) is 16.0 Å². The molecular formula is C28H26ClN3O5. The highest BCUT2D eigenvalue weighted by atomic mass is 35.5. The molecule has 4 rings (SSSR count). The Labute approximate surface area is 219 Å². The van der Waals surface area contributed by atoms with Crippen molar-refractivity contribution < 1.29 is 24.2 Å². The van der Waals surface area contributed by atoms with Crippen LogP contribution in [0, 0.1) is 0 Å². The molecule has 3 aromatic rings. The normalized spacial score (nSPS) is 15.2. The maximum Gasteiger partial charge on any atom is 0.338 e. The van der Waals surface area contributed by atoms with Crippen LogP contribution in [0.1, 0.15) is 29.7 Å². The van der Waals surface area contributed by atoms with Crippen LogP contribution < -0.4 is 10.6 Å². The number of esters is 1. The molecule has 0 spiro atoms. The number of aromatic hydroxyl groups is 1. The molecule has 3 N–H and O–H groups in total. The number of ether oxygens (including phenoxy) is 1. The molecule has 0 radical (unpaired) electrons. The van der Waals surface area contributed by atoms with Gasteiger partial charge in [-0.15, -0.1) is 0 Å². The summed E-state index contributed by atoms with van der Waals surface area (Å²) in [6, 6.07) is 20.1. The van der Waals surface area contributed by atoms with Crippen molar-refractivity contribution >= 4 is 29.6 Å². The molecular weight excluding hydrogens is 494 g/mol. The second kappa shape index (κ2) is 11.6. The SMILES string of the molecule is CC1=C(C(=O)OCc2ccccc2)C(c2cccc(Cl)c2)N(C(=O)NCCc2ccc(O)cc2)C(=O)N1. The summed E-state index contributed by atoms with van der Waals surface area (Å²) in [5.74, 6) is -0.510. The van der Waals surface area contributed by atoms with Gasteiger partial charge in [0, 0.05) is 17.3 Å². The number of imide groups is 1. The summed E-state index contributed by atoms with van der Waals surface area (Å²) in [6.45, 7) is 1.85. The summed E-state index contributed by atoms with van der Waals surface area (Å²) >= 11 is 6.23. The Morgan fingerprint density at radius 2 is 1.76 bits per heavy atom. The fourth-order valence-corrected chi connectivity index (χ4v) is 4.27. The van der Waals surface area contributed by atoms with E-state index in [9.17, 15) is 19.5 Å². The van der Waals surface area contributed by atoms with Crippen molar-refractivity contribution in [1.82, 2.24) is 15.5 Å². The van der Waals surface area contributed by atoms with Gasteiger partial charge in [-0.3, -0.25) is 0 Å². The molecule has 0 bridgehead atoms. The van der Waals surface area contributed by atoms with Crippen LogP contribution in [-0.4, -0.2) is 34.6 Å². The number of phenols is 1. The Balaban J connectivity index is 1.59. The van der Waals surface area contributed by atoms with E-state index in [1.807, 2.05) is 30.3 Å². The molecule has 1 atom stereocenters. The molecule has 9 heteroatoms. The van der Waals surface area contributed by atoms with Crippen LogP contribution in [0.4, 0.5) is 9.59 Å². The Morgan fingerprint density at radius 3 is 2.46 bits per heavy atom. The maximum atomic E-state index is 13.3. The highest BCUT2D eigenvalue weighted by Gasteiger charge is 2.42.